The third-order valence-corrected chi connectivity index (χ3v) is 2.88. The molecule has 0 aliphatic rings. The molecule has 0 unspecified atom stereocenters. The van der Waals surface area contributed by atoms with Crippen molar-refractivity contribution in [2.24, 2.45) is 0 Å². The highest BCUT2D eigenvalue weighted by atomic mass is 35.5. The first kappa shape index (κ1) is 13.1. The largest absolute Gasteiger partial charge is 1.00 e. The van der Waals surface area contributed by atoms with Gasteiger partial charge in [-0.2, -0.15) is 4.57 Å². The Morgan fingerprint density at radius 1 is 1.11 bits per heavy atom. The standard InChI is InChI=1S/C14H10N2O2.ClH/c17-14(18)10-4-3-5-11(8-10)16-9-15-12-6-1-2-7-13(12)16;/h1-9H,(H,17,18);1H. The first-order valence-electron chi connectivity index (χ1n) is 5.57. The van der Waals surface area contributed by atoms with Gasteiger partial charge < -0.3 is 17.5 Å². The first-order valence-corrected chi connectivity index (χ1v) is 5.57. The van der Waals surface area contributed by atoms with E-state index in [4.69, 9.17) is 5.11 Å². The van der Waals surface area contributed by atoms with Gasteiger partial charge in [0.15, 0.2) is 11.0 Å². The quantitative estimate of drug-likeness (QED) is 0.598. The van der Waals surface area contributed by atoms with Gasteiger partial charge in [0, 0.05) is 0 Å². The highest BCUT2D eigenvalue weighted by Crippen LogP contribution is 2.11. The zero-order valence-corrected chi connectivity index (χ0v) is 10.6. The number of rotatable bonds is 2. The van der Waals surface area contributed by atoms with E-state index in [1.54, 1.807) is 18.2 Å². The Balaban J connectivity index is 0.00000133. The maximum Gasteiger partial charge on any atom is 0.335 e. The molecule has 19 heavy (non-hydrogen) atoms. The number of benzene rings is 2. The summed E-state index contributed by atoms with van der Waals surface area (Å²) in [6.45, 7) is 0. The van der Waals surface area contributed by atoms with Gasteiger partial charge in [0.25, 0.3) is 0 Å². The van der Waals surface area contributed by atoms with Gasteiger partial charge >= 0.3 is 5.97 Å². The van der Waals surface area contributed by atoms with E-state index < -0.39 is 5.97 Å². The van der Waals surface area contributed by atoms with E-state index in [1.165, 1.54) is 0 Å². The average molecular weight is 275 g/mol. The van der Waals surface area contributed by atoms with Gasteiger partial charge in [0.1, 0.15) is 5.69 Å². The van der Waals surface area contributed by atoms with Crippen molar-refractivity contribution in [3.63, 3.8) is 0 Å². The third kappa shape index (κ3) is 2.30. The van der Waals surface area contributed by atoms with Crippen molar-refractivity contribution in [1.29, 1.82) is 0 Å². The number of H-pyrrole nitrogens is 1. The van der Waals surface area contributed by atoms with Crippen molar-refractivity contribution in [2.45, 2.75) is 0 Å². The molecule has 2 aromatic carbocycles. The number of hydrogen-bond acceptors (Lipinski definition) is 1. The molecule has 0 atom stereocenters. The second kappa shape index (κ2) is 5.12. The minimum Gasteiger partial charge on any atom is -1.00 e. The summed E-state index contributed by atoms with van der Waals surface area (Å²) < 4.78 is 1.93. The number of carboxylic acids is 1. The summed E-state index contributed by atoms with van der Waals surface area (Å²) in [6.07, 6.45) is 1.83. The van der Waals surface area contributed by atoms with Crippen LogP contribution in [0, 0.1) is 0 Å². The molecule has 0 aliphatic carbocycles. The number of para-hydroxylation sites is 2. The van der Waals surface area contributed by atoms with E-state index in [2.05, 4.69) is 4.98 Å². The predicted octanol–water partition coefficient (Wildman–Crippen LogP) is -0.853. The minimum atomic E-state index is -0.919. The Kier molecular flexibility index (Phi) is 3.53. The number of aromatic nitrogens is 2. The molecule has 5 heteroatoms. The molecule has 0 saturated carbocycles. The SMILES string of the molecule is O=C(O)c1cccc(-[n+]2c[nH]c3ccccc32)c1.[Cl-]. The number of fused-ring (bicyclic) bond motifs is 1. The van der Waals surface area contributed by atoms with Crippen LogP contribution in [-0.2, 0) is 0 Å². The lowest BCUT2D eigenvalue weighted by atomic mass is 10.2. The molecule has 3 rings (SSSR count). The molecule has 0 radical (unpaired) electrons. The third-order valence-electron chi connectivity index (χ3n) is 2.88. The molecular formula is C14H11ClN2O2. The number of imidazole rings is 1. The van der Waals surface area contributed by atoms with Gasteiger partial charge in [-0.15, -0.1) is 0 Å². The van der Waals surface area contributed by atoms with Crippen LogP contribution in [0.5, 0.6) is 0 Å². The van der Waals surface area contributed by atoms with Crippen molar-refractivity contribution in [3.05, 3.63) is 60.4 Å². The summed E-state index contributed by atoms with van der Waals surface area (Å²) in [7, 11) is 0. The lowest BCUT2D eigenvalue weighted by Gasteiger charge is -1.99. The Labute approximate surface area is 115 Å². The molecule has 0 saturated heterocycles. The Morgan fingerprint density at radius 3 is 2.68 bits per heavy atom. The molecule has 0 spiro atoms. The van der Waals surface area contributed by atoms with E-state index >= 15 is 0 Å². The summed E-state index contributed by atoms with van der Waals surface area (Å²) in [5.74, 6) is -0.919. The summed E-state index contributed by atoms with van der Waals surface area (Å²) in [6, 6.07) is 14.7. The van der Waals surface area contributed by atoms with Gasteiger partial charge in [0.05, 0.1) is 5.56 Å². The van der Waals surface area contributed by atoms with Crippen molar-refractivity contribution in [1.82, 2.24) is 4.98 Å². The van der Waals surface area contributed by atoms with Crippen LogP contribution in [0.3, 0.4) is 0 Å². The monoisotopic (exact) mass is 274 g/mol. The van der Waals surface area contributed by atoms with E-state index in [1.807, 2.05) is 41.2 Å². The predicted molar refractivity (Wildman–Crippen MR) is 66.8 cm³/mol. The Morgan fingerprint density at radius 2 is 1.89 bits per heavy atom. The van der Waals surface area contributed by atoms with Crippen molar-refractivity contribution in [2.75, 3.05) is 0 Å². The number of hydrogen-bond donors (Lipinski definition) is 2. The van der Waals surface area contributed by atoms with Crippen molar-refractivity contribution < 1.29 is 26.9 Å². The fraction of sp³-hybridized carbons (Fsp3) is 0. The molecule has 3 aromatic rings. The molecule has 1 heterocycles. The maximum absolute atomic E-state index is 11.0. The van der Waals surface area contributed by atoms with Crippen LogP contribution in [0.4, 0.5) is 0 Å². The molecule has 0 amide bonds. The number of aromatic carboxylic acids is 1. The van der Waals surface area contributed by atoms with Crippen LogP contribution in [-0.4, -0.2) is 16.1 Å². The maximum atomic E-state index is 11.0. The smallest absolute Gasteiger partial charge is 0.335 e. The molecule has 0 bridgehead atoms. The highest BCUT2D eigenvalue weighted by Gasteiger charge is 2.12. The lowest BCUT2D eigenvalue weighted by molar-refractivity contribution is -0.567. The summed E-state index contributed by atoms with van der Waals surface area (Å²) in [5.41, 5.74) is 3.14. The number of carbonyl (C=O) groups is 1. The zero-order valence-electron chi connectivity index (χ0n) is 9.88. The van der Waals surface area contributed by atoms with Gasteiger partial charge in [-0.3, -0.25) is 0 Å². The Hall–Kier alpha value is -2.33. The van der Waals surface area contributed by atoms with Gasteiger partial charge in [-0.25, -0.2) is 9.78 Å². The van der Waals surface area contributed by atoms with Gasteiger partial charge in [0.2, 0.25) is 6.33 Å². The zero-order chi connectivity index (χ0) is 12.5. The lowest BCUT2D eigenvalue weighted by Crippen LogP contribution is -3.00. The van der Waals surface area contributed by atoms with Crippen LogP contribution >= 0.6 is 0 Å². The fourth-order valence-electron chi connectivity index (χ4n) is 2.01. The molecule has 96 valence electrons. The highest BCUT2D eigenvalue weighted by molar-refractivity contribution is 5.88. The molecular weight excluding hydrogens is 264 g/mol. The molecule has 1 aromatic heterocycles. The topological polar surface area (TPSA) is 57.0 Å². The second-order valence-electron chi connectivity index (χ2n) is 4.02. The van der Waals surface area contributed by atoms with Crippen molar-refractivity contribution >= 4 is 17.0 Å². The number of aromatic amines is 1. The normalized spacial score (nSPS) is 10.1. The molecule has 2 N–H and O–H groups in total. The van der Waals surface area contributed by atoms with Crippen LogP contribution in [0.2, 0.25) is 0 Å². The minimum absolute atomic E-state index is 0. The second-order valence-corrected chi connectivity index (χ2v) is 4.02. The average Bonchev–Trinajstić information content (AvgIpc) is 2.82. The fourth-order valence-corrected chi connectivity index (χ4v) is 2.01. The van der Waals surface area contributed by atoms with Crippen LogP contribution < -0.4 is 17.0 Å². The number of nitrogens with zero attached hydrogens (tertiary/aromatic N) is 1. The van der Waals surface area contributed by atoms with Crippen LogP contribution in [0.25, 0.3) is 16.7 Å². The van der Waals surface area contributed by atoms with Crippen molar-refractivity contribution in [3.8, 4) is 5.69 Å². The molecule has 4 nitrogen and oxygen atoms in total. The Bertz CT molecular complexity index is 737. The van der Waals surface area contributed by atoms with E-state index in [9.17, 15) is 4.79 Å². The molecule has 0 aliphatic heterocycles. The number of halogens is 1. The van der Waals surface area contributed by atoms with Gasteiger partial charge in [-0.05, 0) is 30.3 Å². The van der Waals surface area contributed by atoms with Gasteiger partial charge in [-0.1, -0.05) is 18.2 Å². The first-order chi connectivity index (χ1) is 8.75. The van der Waals surface area contributed by atoms with E-state index in [0.717, 1.165) is 16.7 Å². The summed E-state index contributed by atoms with van der Waals surface area (Å²) in [4.78, 5) is 14.1. The summed E-state index contributed by atoms with van der Waals surface area (Å²) in [5, 5.41) is 9.00. The summed E-state index contributed by atoms with van der Waals surface area (Å²) >= 11 is 0. The number of carboxylic acid groups (broad SMARTS) is 1. The van der Waals surface area contributed by atoms with Crippen LogP contribution in [0.15, 0.2) is 54.9 Å². The molecule has 0 fully saturated rings. The van der Waals surface area contributed by atoms with E-state index in [0.29, 0.717) is 0 Å². The number of nitrogens with one attached hydrogen (secondary N) is 1. The van der Waals surface area contributed by atoms with E-state index in [-0.39, 0.29) is 18.0 Å². The van der Waals surface area contributed by atoms with Crippen LogP contribution in [0.1, 0.15) is 10.4 Å².